The van der Waals surface area contributed by atoms with Gasteiger partial charge in [0.2, 0.25) is 0 Å². The summed E-state index contributed by atoms with van der Waals surface area (Å²) in [4.78, 5) is 43.3. The van der Waals surface area contributed by atoms with E-state index in [9.17, 15) is 14.4 Å². The molecule has 0 N–H and O–H groups in total. The zero-order valence-corrected chi connectivity index (χ0v) is 20.8. The minimum Gasteiger partial charge on any atom is -0.305 e. The van der Waals surface area contributed by atoms with Crippen LogP contribution in [0.25, 0.3) is 0 Å². The van der Waals surface area contributed by atoms with E-state index in [1.54, 1.807) is 36.1 Å². The molecule has 2 atom stereocenters. The van der Waals surface area contributed by atoms with Gasteiger partial charge < -0.3 is 4.90 Å². The summed E-state index contributed by atoms with van der Waals surface area (Å²) in [7, 11) is 0. The van der Waals surface area contributed by atoms with Crippen molar-refractivity contribution in [1.29, 1.82) is 0 Å². The number of amides is 3. The van der Waals surface area contributed by atoms with Crippen LogP contribution in [0.1, 0.15) is 71.5 Å². The molecule has 0 aromatic heterocycles. The maximum Gasteiger partial charge on any atom is 0.262 e. The molecule has 0 saturated heterocycles. The maximum atomic E-state index is 14.1. The number of carbonyl (C=O) groups excluding carboxylic acids is 3. The van der Waals surface area contributed by atoms with Gasteiger partial charge in [-0.15, -0.1) is 0 Å². The number of imide groups is 1. The van der Waals surface area contributed by atoms with Crippen LogP contribution >= 0.6 is 0 Å². The van der Waals surface area contributed by atoms with Crippen molar-refractivity contribution < 1.29 is 14.4 Å². The summed E-state index contributed by atoms with van der Waals surface area (Å²) >= 11 is 0. The molecule has 178 valence electrons. The fourth-order valence-corrected chi connectivity index (χ4v) is 5.99. The third-order valence-corrected chi connectivity index (χ3v) is 7.58. The van der Waals surface area contributed by atoms with E-state index in [0.29, 0.717) is 17.5 Å². The summed E-state index contributed by atoms with van der Waals surface area (Å²) in [5, 5.41) is 0. The van der Waals surface area contributed by atoms with Crippen LogP contribution in [0.3, 0.4) is 0 Å². The van der Waals surface area contributed by atoms with E-state index in [1.807, 2.05) is 30.3 Å². The van der Waals surface area contributed by atoms with E-state index < -0.39 is 23.4 Å². The first kappa shape index (κ1) is 23.0. The Morgan fingerprint density at radius 3 is 2.03 bits per heavy atom. The summed E-state index contributed by atoms with van der Waals surface area (Å²) in [5.74, 6) is -1.09. The number of rotatable bonds is 3. The zero-order valence-electron chi connectivity index (χ0n) is 20.8. The Morgan fingerprint density at radius 2 is 1.43 bits per heavy atom. The topological polar surface area (TPSA) is 57.7 Å². The van der Waals surface area contributed by atoms with E-state index in [4.69, 9.17) is 0 Å². The van der Waals surface area contributed by atoms with Crippen LogP contribution in [-0.2, 0) is 10.2 Å². The summed E-state index contributed by atoms with van der Waals surface area (Å²) in [6, 6.07) is 22.4. The largest absolute Gasteiger partial charge is 0.305 e. The van der Waals surface area contributed by atoms with Crippen molar-refractivity contribution in [2.45, 2.75) is 58.0 Å². The van der Waals surface area contributed by atoms with Crippen molar-refractivity contribution in [1.82, 2.24) is 4.90 Å². The fourth-order valence-electron chi connectivity index (χ4n) is 5.99. The first-order valence-corrected chi connectivity index (χ1v) is 12.0. The summed E-state index contributed by atoms with van der Waals surface area (Å²) < 4.78 is 0. The maximum absolute atomic E-state index is 14.1. The van der Waals surface area contributed by atoms with Gasteiger partial charge in [-0.2, -0.15) is 0 Å². The highest BCUT2D eigenvalue weighted by Crippen LogP contribution is 2.51. The monoisotopic (exact) mass is 466 g/mol. The SMILES string of the molecule is Cc1ccc2c(c1)C(C)(c1ccccc1)CC(C)(C)N2C(=O)C(C)N1C(=O)c2ccccc2C1=O. The first-order valence-electron chi connectivity index (χ1n) is 12.0. The molecule has 3 aromatic carbocycles. The molecule has 2 unspecified atom stereocenters. The number of nitrogens with zero attached hydrogens (tertiary/aromatic N) is 2. The first-order chi connectivity index (χ1) is 16.6. The zero-order chi connectivity index (χ0) is 25.1. The van der Waals surface area contributed by atoms with Gasteiger partial charge in [-0.1, -0.05) is 67.1 Å². The van der Waals surface area contributed by atoms with Gasteiger partial charge in [-0.25, -0.2) is 0 Å². The van der Waals surface area contributed by atoms with Gasteiger partial charge in [-0.05, 0) is 63.4 Å². The quantitative estimate of drug-likeness (QED) is 0.479. The molecule has 5 rings (SSSR count). The lowest BCUT2D eigenvalue weighted by atomic mass is 9.65. The average molecular weight is 467 g/mol. The highest BCUT2D eigenvalue weighted by atomic mass is 16.2. The molecule has 3 aromatic rings. The molecule has 0 spiro atoms. The van der Waals surface area contributed by atoms with E-state index in [0.717, 1.165) is 21.7 Å². The highest BCUT2D eigenvalue weighted by Gasteiger charge is 2.50. The van der Waals surface area contributed by atoms with Crippen molar-refractivity contribution in [3.63, 3.8) is 0 Å². The Kier molecular flexibility index (Phi) is 5.20. The predicted octanol–water partition coefficient (Wildman–Crippen LogP) is 5.50. The van der Waals surface area contributed by atoms with Gasteiger partial charge in [0.15, 0.2) is 0 Å². The third-order valence-electron chi connectivity index (χ3n) is 7.58. The molecule has 0 aliphatic carbocycles. The Balaban J connectivity index is 1.60. The van der Waals surface area contributed by atoms with Crippen molar-refractivity contribution in [3.05, 3.63) is 101 Å². The lowest BCUT2D eigenvalue weighted by Gasteiger charge is -2.52. The predicted molar refractivity (Wildman–Crippen MR) is 137 cm³/mol. The molecule has 0 saturated carbocycles. The Bertz CT molecular complexity index is 1330. The summed E-state index contributed by atoms with van der Waals surface area (Å²) in [6.45, 7) is 10.1. The molecule has 5 nitrogen and oxygen atoms in total. The van der Waals surface area contributed by atoms with E-state index in [2.05, 4.69) is 45.9 Å². The lowest BCUT2D eigenvalue weighted by molar-refractivity contribution is -0.123. The van der Waals surface area contributed by atoms with Crippen LogP contribution in [0, 0.1) is 6.92 Å². The molecule has 0 bridgehead atoms. The molecule has 0 radical (unpaired) electrons. The highest BCUT2D eigenvalue weighted by molar-refractivity contribution is 6.23. The Morgan fingerprint density at radius 1 is 0.857 bits per heavy atom. The second kappa shape index (κ2) is 7.91. The third kappa shape index (κ3) is 3.41. The standard InChI is InChI=1S/C30H30N2O3/c1-19-15-16-25-24(17-19)30(5,21-11-7-6-8-12-21)18-29(3,4)32(25)26(33)20(2)31-27(34)22-13-9-10-14-23(22)28(31)35/h6-17,20H,18H2,1-5H3. The van der Waals surface area contributed by atoms with Crippen LogP contribution < -0.4 is 4.90 Å². The molecular weight excluding hydrogens is 436 g/mol. The molecule has 2 aliphatic heterocycles. The molecule has 5 heteroatoms. The molecule has 2 heterocycles. The van der Waals surface area contributed by atoms with Crippen molar-refractivity contribution in [2.75, 3.05) is 4.90 Å². The van der Waals surface area contributed by atoms with Crippen LogP contribution in [0.5, 0.6) is 0 Å². The molecule has 2 aliphatic rings. The van der Waals surface area contributed by atoms with Gasteiger partial charge in [0, 0.05) is 16.6 Å². The number of hydrogen-bond donors (Lipinski definition) is 0. The van der Waals surface area contributed by atoms with Gasteiger partial charge in [0.25, 0.3) is 17.7 Å². The number of anilines is 1. The fraction of sp³-hybridized carbons (Fsp3) is 0.300. The van der Waals surface area contributed by atoms with Gasteiger partial charge in [0.05, 0.1) is 11.1 Å². The number of fused-ring (bicyclic) bond motifs is 2. The van der Waals surface area contributed by atoms with Gasteiger partial charge in [-0.3, -0.25) is 19.3 Å². The number of carbonyl (C=O) groups is 3. The van der Waals surface area contributed by atoms with Crippen molar-refractivity contribution in [3.8, 4) is 0 Å². The molecule has 3 amide bonds. The Hall–Kier alpha value is -3.73. The summed E-state index contributed by atoms with van der Waals surface area (Å²) in [6.07, 6.45) is 0.695. The van der Waals surface area contributed by atoms with Crippen LogP contribution in [0.4, 0.5) is 5.69 Å². The second-order valence-electron chi connectivity index (χ2n) is 10.6. The van der Waals surface area contributed by atoms with E-state index in [1.165, 1.54) is 5.56 Å². The smallest absolute Gasteiger partial charge is 0.262 e. The van der Waals surface area contributed by atoms with Crippen LogP contribution in [0.15, 0.2) is 72.8 Å². The Labute approximate surface area is 206 Å². The minimum atomic E-state index is -0.933. The number of benzene rings is 3. The van der Waals surface area contributed by atoms with Crippen molar-refractivity contribution in [2.24, 2.45) is 0 Å². The van der Waals surface area contributed by atoms with Gasteiger partial charge >= 0.3 is 0 Å². The van der Waals surface area contributed by atoms with Crippen LogP contribution in [-0.4, -0.2) is 34.2 Å². The van der Waals surface area contributed by atoms with Gasteiger partial charge in [0.1, 0.15) is 6.04 Å². The molecule has 35 heavy (non-hydrogen) atoms. The number of hydrogen-bond acceptors (Lipinski definition) is 3. The van der Waals surface area contributed by atoms with Crippen molar-refractivity contribution >= 4 is 23.4 Å². The number of aryl methyl sites for hydroxylation is 1. The van der Waals surface area contributed by atoms with Crippen LogP contribution in [0.2, 0.25) is 0 Å². The van der Waals surface area contributed by atoms with E-state index in [-0.39, 0.29) is 11.3 Å². The molecule has 0 fully saturated rings. The minimum absolute atomic E-state index is 0.260. The lowest BCUT2D eigenvalue weighted by Crippen LogP contribution is -2.60. The molecular formula is C30H30N2O3. The average Bonchev–Trinajstić information content (AvgIpc) is 3.09. The van der Waals surface area contributed by atoms with E-state index >= 15 is 0 Å². The summed E-state index contributed by atoms with van der Waals surface area (Å²) in [5.41, 5.74) is 4.05. The second-order valence-corrected chi connectivity index (χ2v) is 10.6. The normalized spacial score (nSPS) is 21.5.